The van der Waals surface area contributed by atoms with Crippen LogP contribution in [0.4, 0.5) is 11.4 Å². The molecular formula is C19H22N2O4S. The van der Waals surface area contributed by atoms with Crippen LogP contribution in [-0.4, -0.2) is 20.4 Å². The Morgan fingerprint density at radius 1 is 1.19 bits per heavy atom. The van der Waals surface area contributed by atoms with Gasteiger partial charge in [-0.05, 0) is 55.2 Å². The Kier molecular flexibility index (Phi) is 4.91. The lowest BCUT2D eigenvalue weighted by molar-refractivity contribution is -0.122. The molecule has 2 N–H and O–H groups in total. The predicted molar refractivity (Wildman–Crippen MR) is 101 cm³/mol. The van der Waals surface area contributed by atoms with E-state index in [2.05, 4.69) is 23.9 Å². The Balaban J connectivity index is 1.82. The third kappa shape index (κ3) is 3.67. The normalized spacial score (nSPS) is 17.7. The minimum Gasteiger partial charge on any atom is -0.479 e. The highest BCUT2D eigenvalue weighted by atomic mass is 32.2. The minimum atomic E-state index is -3.72. The molecule has 0 radical (unpaired) electrons. The predicted octanol–water partition coefficient (Wildman–Crippen LogP) is 3.72. The highest BCUT2D eigenvalue weighted by molar-refractivity contribution is 7.92. The van der Waals surface area contributed by atoms with Gasteiger partial charge in [-0.3, -0.25) is 9.52 Å². The van der Waals surface area contributed by atoms with E-state index >= 15 is 0 Å². The summed E-state index contributed by atoms with van der Waals surface area (Å²) in [6.45, 7) is 5.85. The van der Waals surface area contributed by atoms with Gasteiger partial charge in [0.1, 0.15) is 5.75 Å². The van der Waals surface area contributed by atoms with Crippen LogP contribution in [0, 0.1) is 0 Å². The summed E-state index contributed by atoms with van der Waals surface area (Å²) in [7, 11) is -3.72. The number of ether oxygens (including phenoxy) is 1. The van der Waals surface area contributed by atoms with Gasteiger partial charge in [-0.2, -0.15) is 0 Å². The van der Waals surface area contributed by atoms with E-state index in [0.717, 1.165) is 12.0 Å². The van der Waals surface area contributed by atoms with Crippen molar-refractivity contribution in [3.8, 4) is 5.75 Å². The minimum absolute atomic E-state index is 0.191. The zero-order valence-corrected chi connectivity index (χ0v) is 15.8. The average molecular weight is 374 g/mol. The van der Waals surface area contributed by atoms with Gasteiger partial charge >= 0.3 is 0 Å². The van der Waals surface area contributed by atoms with Crippen molar-refractivity contribution in [1.82, 2.24) is 0 Å². The van der Waals surface area contributed by atoms with Crippen LogP contribution in [-0.2, 0) is 14.8 Å². The topological polar surface area (TPSA) is 84.5 Å². The van der Waals surface area contributed by atoms with Crippen molar-refractivity contribution in [2.45, 2.75) is 44.1 Å². The highest BCUT2D eigenvalue weighted by Gasteiger charge is 2.24. The number of anilines is 2. The van der Waals surface area contributed by atoms with Gasteiger partial charge in [0.2, 0.25) is 0 Å². The number of fused-ring (bicyclic) bond motifs is 1. The molecule has 0 fully saturated rings. The van der Waals surface area contributed by atoms with E-state index in [-0.39, 0.29) is 10.8 Å². The van der Waals surface area contributed by atoms with Crippen LogP contribution in [0.1, 0.15) is 38.7 Å². The molecule has 138 valence electrons. The van der Waals surface area contributed by atoms with Crippen molar-refractivity contribution in [2.75, 3.05) is 10.0 Å². The summed E-state index contributed by atoms with van der Waals surface area (Å²) in [5.41, 5.74) is 1.91. The summed E-state index contributed by atoms with van der Waals surface area (Å²) >= 11 is 0. The van der Waals surface area contributed by atoms with Crippen LogP contribution in [0.3, 0.4) is 0 Å². The van der Waals surface area contributed by atoms with Gasteiger partial charge < -0.3 is 10.1 Å². The molecule has 0 aromatic heterocycles. The van der Waals surface area contributed by atoms with Gasteiger partial charge in [-0.1, -0.05) is 26.0 Å². The number of rotatable bonds is 5. The molecule has 1 heterocycles. The SMILES string of the molecule is CC[C@H](C)c1ccc(S(=O)(=O)Nc2ccc3c(c2)NC(=O)[C@H](C)O3)cc1. The van der Waals surface area contributed by atoms with Gasteiger partial charge in [0.25, 0.3) is 15.9 Å². The molecule has 1 amide bonds. The number of carbonyl (C=O) groups is 1. The fourth-order valence-corrected chi connectivity index (χ4v) is 3.75. The number of nitrogens with one attached hydrogen (secondary N) is 2. The highest BCUT2D eigenvalue weighted by Crippen LogP contribution is 2.33. The van der Waals surface area contributed by atoms with Gasteiger partial charge in [-0.25, -0.2) is 8.42 Å². The third-order valence-electron chi connectivity index (χ3n) is 4.53. The molecule has 2 aromatic rings. The monoisotopic (exact) mass is 374 g/mol. The summed E-state index contributed by atoms with van der Waals surface area (Å²) in [5, 5.41) is 2.70. The summed E-state index contributed by atoms with van der Waals surface area (Å²) in [6, 6.07) is 11.7. The average Bonchev–Trinajstić information content (AvgIpc) is 2.62. The van der Waals surface area contributed by atoms with E-state index in [1.165, 1.54) is 0 Å². The fraction of sp³-hybridized carbons (Fsp3) is 0.316. The van der Waals surface area contributed by atoms with Crippen LogP contribution in [0.5, 0.6) is 5.75 Å². The first-order valence-electron chi connectivity index (χ1n) is 8.54. The third-order valence-corrected chi connectivity index (χ3v) is 5.93. The molecule has 0 saturated heterocycles. The van der Waals surface area contributed by atoms with Crippen LogP contribution in [0.15, 0.2) is 47.4 Å². The standard InChI is InChI=1S/C19H22N2O4S/c1-4-12(2)14-5-8-16(9-6-14)26(23,24)21-15-7-10-18-17(11-15)20-19(22)13(3)25-18/h5-13,21H,4H2,1-3H3,(H,20,22)/t12-,13-/m0/s1. The number of sulfonamides is 1. The molecule has 0 spiro atoms. The summed E-state index contributed by atoms with van der Waals surface area (Å²) < 4.78 is 33.2. The van der Waals surface area contributed by atoms with E-state index in [0.29, 0.717) is 23.0 Å². The van der Waals surface area contributed by atoms with Crippen LogP contribution in [0.25, 0.3) is 0 Å². The lowest BCUT2D eigenvalue weighted by Gasteiger charge is -2.23. The van der Waals surface area contributed by atoms with Crippen molar-refractivity contribution in [2.24, 2.45) is 0 Å². The molecule has 1 aliphatic rings. The molecule has 6 nitrogen and oxygen atoms in total. The zero-order chi connectivity index (χ0) is 18.9. The van der Waals surface area contributed by atoms with Gasteiger partial charge in [0.15, 0.2) is 6.10 Å². The van der Waals surface area contributed by atoms with E-state index in [9.17, 15) is 13.2 Å². The quantitative estimate of drug-likeness (QED) is 0.835. The van der Waals surface area contributed by atoms with Crippen molar-refractivity contribution in [3.05, 3.63) is 48.0 Å². The summed E-state index contributed by atoms with van der Waals surface area (Å²) in [6.07, 6.45) is 0.417. The molecule has 26 heavy (non-hydrogen) atoms. The Bertz CT molecular complexity index is 923. The van der Waals surface area contributed by atoms with Crippen LogP contribution < -0.4 is 14.8 Å². The molecular weight excluding hydrogens is 352 g/mol. The smallest absolute Gasteiger partial charge is 0.265 e. The van der Waals surface area contributed by atoms with Crippen molar-refractivity contribution in [3.63, 3.8) is 0 Å². The summed E-state index contributed by atoms with van der Waals surface area (Å²) in [5.74, 6) is 0.627. The first-order chi connectivity index (χ1) is 12.3. The fourth-order valence-electron chi connectivity index (χ4n) is 2.70. The van der Waals surface area contributed by atoms with E-state index < -0.39 is 16.1 Å². The molecule has 2 atom stereocenters. The Morgan fingerprint density at radius 3 is 2.54 bits per heavy atom. The van der Waals surface area contributed by atoms with Crippen molar-refractivity contribution < 1.29 is 17.9 Å². The first kappa shape index (κ1) is 18.3. The molecule has 0 aliphatic carbocycles. The second-order valence-corrected chi connectivity index (χ2v) is 8.13. The number of hydrogen-bond donors (Lipinski definition) is 2. The molecule has 0 bridgehead atoms. The molecule has 7 heteroatoms. The Hall–Kier alpha value is -2.54. The lowest BCUT2D eigenvalue weighted by atomic mass is 9.99. The number of benzene rings is 2. The zero-order valence-electron chi connectivity index (χ0n) is 14.9. The second kappa shape index (κ2) is 6.99. The second-order valence-electron chi connectivity index (χ2n) is 6.44. The van der Waals surface area contributed by atoms with Gasteiger partial charge in [0.05, 0.1) is 16.3 Å². The maximum Gasteiger partial charge on any atom is 0.265 e. The van der Waals surface area contributed by atoms with Crippen molar-refractivity contribution >= 4 is 27.3 Å². The van der Waals surface area contributed by atoms with Crippen LogP contribution in [0.2, 0.25) is 0 Å². The number of hydrogen-bond acceptors (Lipinski definition) is 4. The Labute approximate surface area is 153 Å². The maximum atomic E-state index is 12.6. The van der Waals surface area contributed by atoms with E-state index in [1.54, 1.807) is 37.3 Å². The molecule has 0 unspecified atom stereocenters. The number of carbonyl (C=O) groups excluding carboxylic acids is 1. The van der Waals surface area contributed by atoms with E-state index in [1.807, 2.05) is 12.1 Å². The maximum absolute atomic E-state index is 12.6. The largest absolute Gasteiger partial charge is 0.479 e. The lowest BCUT2D eigenvalue weighted by Crippen LogP contribution is -2.34. The molecule has 2 aromatic carbocycles. The van der Waals surface area contributed by atoms with Crippen LogP contribution >= 0.6 is 0 Å². The van der Waals surface area contributed by atoms with Crippen molar-refractivity contribution in [1.29, 1.82) is 0 Å². The molecule has 0 saturated carbocycles. The first-order valence-corrected chi connectivity index (χ1v) is 10.0. The molecule has 1 aliphatic heterocycles. The van der Waals surface area contributed by atoms with E-state index in [4.69, 9.17) is 4.74 Å². The summed E-state index contributed by atoms with van der Waals surface area (Å²) in [4.78, 5) is 11.9. The van der Waals surface area contributed by atoms with Gasteiger partial charge in [0, 0.05) is 0 Å². The molecule has 3 rings (SSSR count). The Morgan fingerprint density at radius 2 is 1.88 bits per heavy atom. The van der Waals surface area contributed by atoms with Gasteiger partial charge in [-0.15, -0.1) is 0 Å². The number of amides is 1.